The molecule has 2 heteroatoms. The van der Waals surface area contributed by atoms with Crippen molar-refractivity contribution in [1.29, 1.82) is 0 Å². The Balaban J connectivity index is 0. The summed E-state index contributed by atoms with van der Waals surface area (Å²) in [6.07, 6.45) is 9.13. The fourth-order valence-electron chi connectivity index (χ4n) is 2.81. The van der Waals surface area contributed by atoms with Crippen molar-refractivity contribution in [3.63, 3.8) is 0 Å². The molecule has 4 rings (SSSR count). The highest BCUT2D eigenvalue weighted by Gasteiger charge is 2.05. The quantitative estimate of drug-likeness (QED) is 0.304. The Morgan fingerprint density at radius 3 is 0.970 bits per heavy atom. The fourth-order valence-corrected chi connectivity index (χ4v) is 2.81. The predicted octanol–water partition coefficient (Wildman–Crippen LogP) is 10.4. The van der Waals surface area contributed by atoms with Crippen LogP contribution in [0.25, 0.3) is 10.8 Å². The van der Waals surface area contributed by atoms with Crippen molar-refractivity contribution >= 4 is 10.8 Å². The molecule has 0 saturated heterocycles. The van der Waals surface area contributed by atoms with Gasteiger partial charge in [-0.3, -0.25) is 0 Å². The van der Waals surface area contributed by atoms with Crippen LogP contribution in [0, 0.1) is 0 Å². The molecule has 0 aliphatic heterocycles. The zero-order valence-corrected chi connectivity index (χ0v) is 22.8. The molecular formula is C31H50N2. The second-order valence-electron chi connectivity index (χ2n) is 7.84. The van der Waals surface area contributed by atoms with Gasteiger partial charge in [0.05, 0.1) is 0 Å². The summed E-state index contributed by atoms with van der Waals surface area (Å²) in [5, 5.41) is 9.34. The van der Waals surface area contributed by atoms with Crippen molar-refractivity contribution < 1.29 is 0 Å². The summed E-state index contributed by atoms with van der Waals surface area (Å²) >= 11 is 0. The molecular weight excluding hydrogens is 400 g/mol. The lowest BCUT2D eigenvalue weighted by Crippen LogP contribution is -2.00. The lowest BCUT2D eigenvalue weighted by molar-refractivity contribution is 0.685. The van der Waals surface area contributed by atoms with Gasteiger partial charge in [-0.1, -0.05) is 134 Å². The molecule has 0 spiro atoms. The third kappa shape index (κ3) is 18.8. The molecule has 0 radical (unpaired) electrons. The summed E-state index contributed by atoms with van der Waals surface area (Å²) in [6.45, 7) is 12.8. The Labute approximate surface area is 205 Å². The van der Waals surface area contributed by atoms with E-state index in [-0.39, 0.29) is 0 Å². The summed E-state index contributed by atoms with van der Waals surface area (Å²) in [7, 11) is 3.28. The van der Waals surface area contributed by atoms with Crippen LogP contribution in [0.5, 0.6) is 0 Å². The van der Waals surface area contributed by atoms with Crippen molar-refractivity contribution in [3.05, 3.63) is 83.9 Å². The second-order valence-corrected chi connectivity index (χ2v) is 7.84. The lowest BCUT2D eigenvalue weighted by Gasteiger charge is -2.13. The predicted molar refractivity (Wildman–Crippen MR) is 152 cm³/mol. The van der Waals surface area contributed by atoms with Crippen LogP contribution in [0.1, 0.15) is 84.8 Å². The number of fused-ring (bicyclic) bond motifs is 2. The standard InChI is InChI=1S/C10H12.C10H8.3C3H8.C2H6N2/c2*1-2-6-10-8-4-3-7-9(10)5-1;3*1-3-2;1-3-4-2/h1-2,5-6H,3-4,7-8H2;1-8H;3*3H2,1-2H3;1-2H3. The maximum atomic E-state index is 3.36. The monoisotopic (exact) mass is 450 g/mol. The van der Waals surface area contributed by atoms with E-state index in [0.717, 1.165) is 0 Å². The van der Waals surface area contributed by atoms with E-state index in [4.69, 9.17) is 0 Å². The largest absolute Gasteiger partial charge is 0.198 e. The minimum absolute atomic E-state index is 1.25. The molecule has 0 amide bonds. The van der Waals surface area contributed by atoms with Crippen LogP contribution in [0.2, 0.25) is 0 Å². The van der Waals surface area contributed by atoms with Gasteiger partial charge in [-0.25, -0.2) is 0 Å². The molecule has 0 unspecified atom stereocenters. The third-order valence-corrected chi connectivity index (χ3v) is 4.12. The van der Waals surface area contributed by atoms with Crippen molar-refractivity contribution in [2.45, 2.75) is 86.5 Å². The van der Waals surface area contributed by atoms with Gasteiger partial charge >= 0.3 is 0 Å². The van der Waals surface area contributed by atoms with Gasteiger partial charge in [-0.2, -0.15) is 10.2 Å². The van der Waals surface area contributed by atoms with E-state index in [0.29, 0.717) is 0 Å². The smallest absolute Gasteiger partial charge is 0.0487 e. The minimum atomic E-state index is 1.25. The number of rotatable bonds is 0. The van der Waals surface area contributed by atoms with Gasteiger partial charge in [0.15, 0.2) is 0 Å². The van der Waals surface area contributed by atoms with Crippen LogP contribution in [-0.2, 0) is 12.8 Å². The van der Waals surface area contributed by atoms with Gasteiger partial charge in [0, 0.05) is 14.1 Å². The summed E-state index contributed by atoms with van der Waals surface area (Å²) < 4.78 is 0. The number of nitrogens with zero attached hydrogens (tertiary/aromatic N) is 2. The molecule has 33 heavy (non-hydrogen) atoms. The van der Waals surface area contributed by atoms with E-state index in [2.05, 4.69) is 125 Å². The van der Waals surface area contributed by atoms with E-state index in [9.17, 15) is 0 Å². The van der Waals surface area contributed by atoms with E-state index < -0.39 is 0 Å². The van der Waals surface area contributed by atoms with Crippen molar-refractivity contribution in [2.75, 3.05) is 14.1 Å². The Morgan fingerprint density at radius 1 is 0.485 bits per heavy atom. The van der Waals surface area contributed by atoms with Gasteiger partial charge < -0.3 is 0 Å². The number of hydrogen-bond donors (Lipinski definition) is 0. The first-order valence-corrected chi connectivity index (χ1v) is 12.8. The van der Waals surface area contributed by atoms with Gasteiger partial charge in [0.2, 0.25) is 0 Å². The number of hydrogen-bond acceptors (Lipinski definition) is 2. The zero-order valence-electron chi connectivity index (χ0n) is 22.8. The summed E-state index contributed by atoms with van der Waals surface area (Å²) in [5.74, 6) is 0. The van der Waals surface area contributed by atoms with Gasteiger partial charge in [-0.05, 0) is 47.6 Å². The van der Waals surface area contributed by atoms with Crippen molar-refractivity contribution in [1.82, 2.24) is 0 Å². The van der Waals surface area contributed by atoms with E-state index >= 15 is 0 Å². The fraction of sp³-hybridized carbons (Fsp3) is 0.484. The van der Waals surface area contributed by atoms with Gasteiger partial charge in [0.25, 0.3) is 0 Å². The molecule has 0 heterocycles. The maximum absolute atomic E-state index is 3.36. The molecule has 3 aromatic rings. The van der Waals surface area contributed by atoms with E-state index in [1.165, 1.54) is 55.7 Å². The molecule has 0 atom stereocenters. The van der Waals surface area contributed by atoms with Crippen LogP contribution in [0.15, 0.2) is 83.0 Å². The van der Waals surface area contributed by atoms with E-state index in [1.807, 2.05) is 0 Å². The normalized spacial score (nSPS) is 10.8. The third-order valence-electron chi connectivity index (χ3n) is 4.12. The maximum Gasteiger partial charge on any atom is 0.0487 e. The van der Waals surface area contributed by atoms with Crippen molar-refractivity contribution in [3.8, 4) is 0 Å². The molecule has 0 aromatic heterocycles. The highest BCUT2D eigenvalue weighted by molar-refractivity contribution is 5.82. The van der Waals surface area contributed by atoms with Crippen LogP contribution in [0.4, 0.5) is 0 Å². The SMILES string of the molecule is CCC.CCC.CCC.CN=NC.c1ccc2c(c1)CCCC2.c1ccc2ccccc2c1. The molecule has 0 bridgehead atoms. The highest BCUT2D eigenvalue weighted by atomic mass is 15.0. The van der Waals surface area contributed by atoms with Crippen LogP contribution in [-0.4, -0.2) is 14.1 Å². The molecule has 3 aromatic carbocycles. The number of benzene rings is 3. The first-order chi connectivity index (χ1) is 16.1. The zero-order chi connectivity index (χ0) is 25.2. The summed E-state index contributed by atoms with van der Waals surface area (Å²) in [5.41, 5.74) is 3.16. The Bertz CT molecular complexity index is 709. The van der Waals surface area contributed by atoms with Crippen LogP contribution >= 0.6 is 0 Å². The van der Waals surface area contributed by atoms with Gasteiger partial charge in [0.1, 0.15) is 0 Å². The average Bonchev–Trinajstić information content (AvgIpc) is 2.86. The molecule has 2 nitrogen and oxygen atoms in total. The molecule has 0 N–H and O–H groups in total. The Hall–Kier alpha value is -2.48. The van der Waals surface area contributed by atoms with Crippen molar-refractivity contribution in [2.24, 2.45) is 10.2 Å². The lowest BCUT2D eigenvalue weighted by atomic mass is 9.92. The first-order valence-electron chi connectivity index (χ1n) is 12.8. The topological polar surface area (TPSA) is 24.7 Å². The second kappa shape index (κ2) is 25.8. The summed E-state index contributed by atoms with van der Waals surface area (Å²) in [6, 6.07) is 25.5. The number of azo groups is 1. The first kappa shape index (κ1) is 32.7. The number of aryl methyl sites for hydroxylation is 2. The Morgan fingerprint density at radius 2 is 0.727 bits per heavy atom. The minimum Gasteiger partial charge on any atom is -0.198 e. The molecule has 1 aliphatic rings. The molecule has 0 fully saturated rings. The van der Waals surface area contributed by atoms with Crippen LogP contribution < -0.4 is 0 Å². The molecule has 184 valence electrons. The highest BCUT2D eigenvalue weighted by Crippen LogP contribution is 2.19. The van der Waals surface area contributed by atoms with Crippen LogP contribution in [0.3, 0.4) is 0 Å². The summed E-state index contributed by atoms with van der Waals surface area (Å²) in [4.78, 5) is 0. The average molecular weight is 451 g/mol. The van der Waals surface area contributed by atoms with E-state index in [1.54, 1.807) is 25.2 Å². The van der Waals surface area contributed by atoms with Gasteiger partial charge in [-0.15, -0.1) is 0 Å². The molecule has 1 aliphatic carbocycles. The Kier molecular flexibility index (Phi) is 25.5. The molecule has 0 saturated carbocycles.